The normalized spacial score (nSPS) is 25.5. The Labute approximate surface area is 160 Å². The van der Waals surface area contributed by atoms with Gasteiger partial charge in [0.2, 0.25) is 5.88 Å². The van der Waals surface area contributed by atoms with E-state index in [0.717, 1.165) is 24.4 Å². The molecule has 2 aliphatic heterocycles. The molecule has 2 bridgehead atoms. The molecule has 6 nitrogen and oxygen atoms in total. The predicted octanol–water partition coefficient (Wildman–Crippen LogP) is 2.47. The summed E-state index contributed by atoms with van der Waals surface area (Å²) in [4.78, 5) is 8.62. The Bertz CT molecular complexity index is 550. The molecule has 3 unspecified atom stereocenters. The summed E-state index contributed by atoms with van der Waals surface area (Å²) in [6.45, 7) is 4.66. The Morgan fingerprint density at radius 1 is 1.42 bits per heavy atom. The van der Waals surface area contributed by atoms with Crippen molar-refractivity contribution in [1.29, 1.82) is 0 Å². The van der Waals surface area contributed by atoms with E-state index in [1.165, 1.54) is 6.42 Å². The van der Waals surface area contributed by atoms with Crippen LogP contribution in [0.1, 0.15) is 38.7 Å². The van der Waals surface area contributed by atoms with Crippen LogP contribution in [0.3, 0.4) is 0 Å². The average Bonchev–Trinajstić information content (AvgIpc) is 3.15. The highest BCUT2D eigenvalue weighted by molar-refractivity contribution is 14.0. The summed E-state index contributed by atoms with van der Waals surface area (Å²) in [7, 11) is 1.79. The van der Waals surface area contributed by atoms with Crippen molar-refractivity contribution in [3.63, 3.8) is 0 Å². The highest BCUT2D eigenvalue weighted by Gasteiger charge is 2.41. The number of pyridine rings is 1. The third kappa shape index (κ3) is 4.95. The molecule has 2 fully saturated rings. The maximum absolute atomic E-state index is 5.87. The SMILES string of the molecule is CN=C(NCc1ccc(OC(C)C)nc1)NC1CC2CCC1O2.I. The molecule has 1 aromatic rings. The molecule has 0 aliphatic carbocycles. The average molecular weight is 446 g/mol. The van der Waals surface area contributed by atoms with E-state index >= 15 is 0 Å². The van der Waals surface area contributed by atoms with Crippen LogP contribution in [-0.2, 0) is 11.3 Å². The molecule has 2 saturated heterocycles. The highest BCUT2D eigenvalue weighted by Crippen LogP contribution is 2.34. The van der Waals surface area contributed by atoms with E-state index in [1.54, 1.807) is 7.05 Å². The van der Waals surface area contributed by atoms with Crippen molar-refractivity contribution < 1.29 is 9.47 Å². The molecule has 7 heteroatoms. The summed E-state index contributed by atoms with van der Waals surface area (Å²) >= 11 is 0. The number of hydrogen-bond donors (Lipinski definition) is 2. The first-order valence-electron chi connectivity index (χ1n) is 8.38. The first-order chi connectivity index (χ1) is 11.1. The van der Waals surface area contributed by atoms with Gasteiger partial charge in [0.05, 0.1) is 24.4 Å². The summed E-state index contributed by atoms with van der Waals surface area (Å²) in [5.41, 5.74) is 1.09. The number of rotatable bonds is 5. The van der Waals surface area contributed by atoms with Crippen molar-refractivity contribution in [2.24, 2.45) is 4.99 Å². The van der Waals surface area contributed by atoms with E-state index in [1.807, 2.05) is 32.2 Å². The van der Waals surface area contributed by atoms with Crippen LogP contribution in [0, 0.1) is 0 Å². The third-order valence-corrected chi connectivity index (χ3v) is 4.27. The maximum atomic E-state index is 5.87. The lowest BCUT2D eigenvalue weighted by molar-refractivity contribution is 0.0992. The summed E-state index contributed by atoms with van der Waals surface area (Å²) in [6, 6.07) is 4.29. The molecule has 24 heavy (non-hydrogen) atoms. The first-order valence-corrected chi connectivity index (χ1v) is 8.38. The van der Waals surface area contributed by atoms with Crippen LogP contribution in [0.4, 0.5) is 0 Å². The topological polar surface area (TPSA) is 67.8 Å². The fourth-order valence-corrected chi connectivity index (χ4v) is 3.17. The van der Waals surface area contributed by atoms with Gasteiger partial charge in [-0.25, -0.2) is 4.98 Å². The Morgan fingerprint density at radius 3 is 2.79 bits per heavy atom. The van der Waals surface area contributed by atoms with Gasteiger partial charge < -0.3 is 20.1 Å². The van der Waals surface area contributed by atoms with Crippen LogP contribution in [-0.4, -0.2) is 42.3 Å². The van der Waals surface area contributed by atoms with Crippen LogP contribution < -0.4 is 15.4 Å². The molecule has 0 radical (unpaired) electrons. The van der Waals surface area contributed by atoms with Gasteiger partial charge in [-0.3, -0.25) is 4.99 Å². The number of guanidine groups is 1. The summed E-state index contributed by atoms with van der Waals surface area (Å²) in [5, 5.41) is 6.81. The smallest absolute Gasteiger partial charge is 0.213 e. The number of halogens is 1. The molecule has 2 aliphatic rings. The van der Waals surface area contributed by atoms with Gasteiger partial charge in [-0.2, -0.15) is 0 Å². The standard InChI is InChI=1S/C17H26N4O2.HI/c1-11(2)22-16-7-4-12(9-19-16)10-20-17(18-3)21-14-8-13-5-6-15(14)23-13;/h4,7,9,11,13-15H,5-6,8,10H2,1-3H3,(H2,18,20,21);1H. The lowest BCUT2D eigenvalue weighted by Gasteiger charge is -2.22. The fourth-order valence-electron chi connectivity index (χ4n) is 3.17. The molecule has 2 N–H and O–H groups in total. The lowest BCUT2D eigenvalue weighted by Crippen LogP contribution is -2.47. The number of fused-ring (bicyclic) bond motifs is 2. The molecule has 0 saturated carbocycles. The van der Waals surface area contributed by atoms with Crippen molar-refractivity contribution in [3.05, 3.63) is 23.9 Å². The molecule has 0 amide bonds. The molecular weight excluding hydrogens is 419 g/mol. The Kier molecular flexibility index (Phi) is 7.09. The largest absolute Gasteiger partial charge is 0.475 e. The van der Waals surface area contributed by atoms with E-state index in [9.17, 15) is 0 Å². The van der Waals surface area contributed by atoms with Crippen LogP contribution in [0.15, 0.2) is 23.3 Å². The number of aliphatic imine (C=N–C) groups is 1. The van der Waals surface area contributed by atoms with Crippen molar-refractivity contribution in [3.8, 4) is 5.88 Å². The monoisotopic (exact) mass is 446 g/mol. The number of ether oxygens (including phenoxy) is 2. The molecule has 134 valence electrons. The van der Waals surface area contributed by atoms with Gasteiger partial charge in [-0.15, -0.1) is 24.0 Å². The quantitative estimate of drug-likeness (QED) is 0.413. The number of aromatic nitrogens is 1. The van der Waals surface area contributed by atoms with Gasteiger partial charge in [-0.1, -0.05) is 6.07 Å². The molecule has 1 aromatic heterocycles. The van der Waals surface area contributed by atoms with E-state index in [-0.39, 0.29) is 30.1 Å². The predicted molar refractivity (Wildman–Crippen MR) is 105 cm³/mol. The second kappa shape index (κ2) is 8.84. The van der Waals surface area contributed by atoms with Crippen LogP contribution in [0.2, 0.25) is 0 Å². The van der Waals surface area contributed by atoms with Gasteiger partial charge in [-0.05, 0) is 38.7 Å². The molecule has 3 atom stereocenters. The van der Waals surface area contributed by atoms with Crippen LogP contribution >= 0.6 is 24.0 Å². The number of nitrogens with one attached hydrogen (secondary N) is 2. The molecule has 3 rings (SSSR count). The van der Waals surface area contributed by atoms with Gasteiger partial charge in [0.15, 0.2) is 5.96 Å². The van der Waals surface area contributed by atoms with E-state index in [0.29, 0.717) is 30.7 Å². The van der Waals surface area contributed by atoms with Crippen LogP contribution in [0.25, 0.3) is 0 Å². The fraction of sp³-hybridized carbons (Fsp3) is 0.647. The lowest BCUT2D eigenvalue weighted by atomic mass is 9.96. The first kappa shape index (κ1) is 19.2. The number of nitrogens with zero attached hydrogens (tertiary/aromatic N) is 2. The second-order valence-electron chi connectivity index (χ2n) is 6.46. The minimum absolute atomic E-state index is 0. The Morgan fingerprint density at radius 2 is 2.25 bits per heavy atom. The Balaban J connectivity index is 0.00000208. The minimum Gasteiger partial charge on any atom is -0.475 e. The van der Waals surface area contributed by atoms with Gasteiger partial charge >= 0.3 is 0 Å². The van der Waals surface area contributed by atoms with Gasteiger partial charge in [0.25, 0.3) is 0 Å². The highest BCUT2D eigenvalue weighted by atomic mass is 127. The van der Waals surface area contributed by atoms with Gasteiger partial charge in [0.1, 0.15) is 0 Å². The van der Waals surface area contributed by atoms with Crippen molar-refractivity contribution >= 4 is 29.9 Å². The number of hydrogen-bond acceptors (Lipinski definition) is 4. The van der Waals surface area contributed by atoms with Gasteiger partial charge in [0, 0.05) is 25.9 Å². The maximum Gasteiger partial charge on any atom is 0.213 e. The molecule has 0 aromatic carbocycles. The molecule has 3 heterocycles. The zero-order valence-corrected chi connectivity index (χ0v) is 16.8. The summed E-state index contributed by atoms with van der Waals surface area (Å²) < 4.78 is 11.4. The van der Waals surface area contributed by atoms with Crippen LogP contribution in [0.5, 0.6) is 5.88 Å². The van der Waals surface area contributed by atoms with Crippen molar-refractivity contribution in [2.75, 3.05) is 7.05 Å². The van der Waals surface area contributed by atoms with E-state index in [4.69, 9.17) is 9.47 Å². The summed E-state index contributed by atoms with van der Waals surface area (Å²) in [5.74, 6) is 1.47. The second-order valence-corrected chi connectivity index (χ2v) is 6.46. The van der Waals surface area contributed by atoms with E-state index in [2.05, 4.69) is 20.6 Å². The zero-order chi connectivity index (χ0) is 16.2. The Hall–Kier alpha value is -1.09. The van der Waals surface area contributed by atoms with Crippen molar-refractivity contribution in [1.82, 2.24) is 15.6 Å². The van der Waals surface area contributed by atoms with Crippen molar-refractivity contribution in [2.45, 2.75) is 64.0 Å². The molecular formula is C17H27IN4O2. The third-order valence-electron chi connectivity index (χ3n) is 4.27. The summed E-state index contributed by atoms with van der Waals surface area (Å²) in [6.07, 6.45) is 6.18. The zero-order valence-electron chi connectivity index (χ0n) is 14.5. The molecule has 0 spiro atoms. The minimum atomic E-state index is 0. The van der Waals surface area contributed by atoms with E-state index < -0.39 is 0 Å².